The van der Waals surface area contributed by atoms with E-state index in [1.54, 1.807) is 0 Å². The van der Waals surface area contributed by atoms with Gasteiger partial charge in [-0.15, -0.1) is 11.3 Å². The molecule has 0 bridgehead atoms. The van der Waals surface area contributed by atoms with Crippen LogP contribution in [0.15, 0.2) is 6.07 Å². The third-order valence-corrected chi connectivity index (χ3v) is 4.41. The summed E-state index contributed by atoms with van der Waals surface area (Å²) in [6.45, 7) is 1.88. The highest BCUT2D eigenvalue weighted by atomic mass is 32.1. The van der Waals surface area contributed by atoms with E-state index in [-0.39, 0.29) is 0 Å². The molecule has 6 heteroatoms. The Morgan fingerprint density at radius 1 is 1.56 bits per heavy atom. The van der Waals surface area contributed by atoms with Crippen molar-refractivity contribution >= 4 is 33.1 Å². The summed E-state index contributed by atoms with van der Waals surface area (Å²) in [5.74, 6) is -0.481. The van der Waals surface area contributed by atoms with Crippen LogP contribution >= 0.6 is 11.3 Å². The van der Waals surface area contributed by atoms with Crippen molar-refractivity contribution < 1.29 is 4.79 Å². The Morgan fingerprint density at radius 3 is 3.06 bits per heavy atom. The topological polar surface area (TPSA) is 85.2 Å². The second kappa shape index (κ2) is 3.93. The molecule has 0 atom stereocenters. The van der Waals surface area contributed by atoms with Crippen LogP contribution in [0.4, 0.5) is 5.69 Å². The Hall–Kier alpha value is -1.66. The number of hydrogen-bond acceptors (Lipinski definition) is 5. The minimum Gasteiger partial charge on any atom is -0.397 e. The molecule has 3 heterocycles. The third kappa shape index (κ3) is 1.65. The summed E-state index contributed by atoms with van der Waals surface area (Å²) in [5, 5.41) is 0.850. The van der Waals surface area contributed by atoms with E-state index in [1.165, 1.54) is 16.9 Å². The molecule has 18 heavy (non-hydrogen) atoms. The number of aromatic nitrogens is 1. The Balaban J connectivity index is 2.22. The summed E-state index contributed by atoms with van der Waals surface area (Å²) in [6, 6.07) is 2.05. The molecule has 1 amide bonds. The van der Waals surface area contributed by atoms with Crippen LogP contribution in [0.3, 0.4) is 0 Å². The first-order valence-electron chi connectivity index (χ1n) is 5.75. The first-order chi connectivity index (χ1) is 8.56. The molecule has 2 aromatic heterocycles. The number of likely N-dealkylation sites (N-methyl/N-ethyl adjacent to an activating group) is 1. The number of rotatable bonds is 1. The Bertz CT molecular complexity index is 649. The Kier molecular flexibility index (Phi) is 2.49. The van der Waals surface area contributed by atoms with Gasteiger partial charge >= 0.3 is 0 Å². The van der Waals surface area contributed by atoms with Crippen LogP contribution in [0, 0.1) is 0 Å². The summed E-state index contributed by atoms with van der Waals surface area (Å²) in [7, 11) is 2.08. The van der Waals surface area contributed by atoms with Gasteiger partial charge < -0.3 is 16.4 Å². The maximum absolute atomic E-state index is 11.3. The number of carbonyl (C=O) groups excluding carboxylic acids is 1. The minimum absolute atomic E-state index is 0.410. The maximum atomic E-state index is 11.3. The smallest absolute Gasteiger partial charge is 0.260 e. The van der Waals surface area contributed by atoms with Gasteiger partial charge in [-0.25, -0.2) is 4.98 Å². The predicted octanol–water partition coefficient (Wildman–Crippen LogP) is 0.965. The molecular formula is C12H14N4OS. The zero-order valence-electron chi connectivity index (χ0n) is 10.1. The lowest BCUT2D eigenvalue weighted by Crippen LogP contribution is -2.27. The molecule has 0 spiro atoms. The predicted molar refractivity (Wildman–Crippen MR) is 72.6 cm³/mol. The number of nitrogen functional groups attached to an aromatic ring is 1. The van der Waals surface area contributed by atoms with Gasteiger partial charge in [0.2, 0.25) is 0 Å². The van der Waals surface area contributed by atoms with Crippen LogP contribution in [-0.2, 0) is 13.0 Å². The second-order valence-electron chi connectivity index (χ2n) is 4.64. The number of carbonyl (C=O) groups is 1. The zero-order valence-corrected chi connectivity index (χ0v) is 10.9. The molecule has 0 saturated heterocycles. The number of thiophene rings is 1. The molecule has 0 unspecified atom stereocenters. The molecule has 94 valence electrons. The molecule has 0 radical (unpaired) electrons. The van der Waals surface area contributed by atoms with E-state index < -0.39 is 5.91 Å². The van der Waals surface area contributed by atoms with Crippen LogP contribution in [0.5, 0.6) is 0 Å². The number of fused-ring (bicyclic) bond motifs is 2. The lowest BCUT2D eigenvalue weighted by molar-refractivity contribution is 0.100. The van der Waals surface area contributed by atoms with Crippen LogP contribution < -0.4 is 11.5 Å². The summed E-state index contributed by atoms with van der Waals surface area (Å²) < 4.78 is 0. The summed E-state index contributed by atoms with van der Waals surface area (Å²) in [4.78, 5) is 19.4. The van der Waals surface area contributed by atoms with Crippen molar-refractivity contribution in [3.63, 3.8) is 0 Å². The number of hydrogen-bond donors (Lipinski definition) is 2. The molecule has 0 aliphatic carbocycles. The fraction of sp³-hybridized carbons (Fsp3) is 0.333. The van der Waals surface area contributed by atoms with Crippen LogP contribution in [0.1, 0.15) is 20.9 Å². The minimum atomic E-state index is -0.481. The van der Waals surface area contributed by atoms with Crippen molar-refractivity contribution in [3.05, 3.63) is 22.2 Å². The van der Waals surface area contributed by atoms with Gasteiger partial charge in [-0.1, -0.05) is 0 Å². The second-order valence-corrected chi connectivity index (χ2v) is 5.64. The quantitative estimate of drug-likeness (QED) is 0.801. The fourth-order valence-electron chi connectivity index (χ4n) is 2.32. The number of nitrogens with two attached hydrogens (primary N) is 2. The number of pyridine rings is 1. The Morgan fingerprint density at radius 2 is 2.33 bits per heavy atom. The van der Waals surface area contributed by atoms with E-state index in [0.717, 1.165) is 35.4 Å². The monoisotopic (exact) mass is 262 g/mol. The fourth-order valence-corrected chi connectivity index (χ4v) is 3.27. The summed E-state index contributed by atoms with van der Waals surface area (Å²) >= 11 is 1.28. The van der Waals surface area contributed by atoms with E-state index in [0.29, 0.717) is 10.6 Å². The van der Waals surface area contributed by atoms with Crippen molar-refractivity contribution in [1.82, 2.24) is 9.88 Å². The summed E-state index contributed by atoms with van der Waals surface area (Å²) in [6.07, 6.45) is 0.936. The van der Waals surface area contributed by atoms with E-state index in [1.807, 2.05) is 6.07 Å². The van der Waals surface area contributed by atoms with Gasteiger partial charge in [-0.2, -0.15) is 0 Å². The highest BCUT2D eigenvalue weighted by molar-refractivity contribution is 7.21. The van der Waals surface area contributed by atoms with Crippen LogP contribution in [-0.4, -0.2) is 29.4 Å². The zero-order chi connectivity index (χ0) is 12.9. The normalized spacial score (nSPS) is 15.8. The van der Waals surface area contributed by atoms with Gasteiger partial charge in [0.25, 0.3) is 5.91 Å². The van der Waals surface area contributed by atoms with Crippen molar-refractivity contribution in [2.75, 3.05) is 19.3 Å². The SMILES string of the molecule is CN1CCc2nc3sc(C(N)=O)c(N)c3cc2C1. The number of primary amides is 1. The molecule has 5 nitrogen and oxygen atoms in total. The van der Waals surface area contributed by atoms with Gasteiger partial charge in [-0.3, -0.25) is 4.79 Å². The van der Waals surface area contributed by atoms with Crippen molar-refractivity contribution in [2.24, 2.45) is 5.73 Å². The molecule has 2 aromatic rings. The molecule has 3 rings (SSSR count). The van der Waals surface area contributed by atoms with E-state index >= 15 is 0 Å². The lowest BCUT2D eigenvalue weighted by Gasteiger charge is -2.24. The number of amides is 1. The molecule has 1 aliphatic heterocycles. The van der Waals surface area contributed by atoms with Gasteiger partial charge in [0.05, 0.1) is 5.69 Å². The lowest BCUT2D eigenvalue weighted by atomic mass is 10.0. The van der Waals surface area contributed by atoms with E-state index in [9.17, 15) is 4.79 Å². The Labute approximate surface area is 108 Å². The van der Waals surface area contributed by atoms with E-state index in [4.69, 9.17) is 11.5 Å². The van der Waals surface area contributed by atoms with Crippen molar-refractivity contribution in [1.29, 1.82) is 0 Å². The van der Waals surface area contributed by atoms with Crippen molar-refractivity contribution in [2.45, 2.75) is 13.0 Å². The largest absolute Gasteiger partial charge is 0.397 e. The van der Waals surface area contributed by atoms with Gasteiger partial charge in [-0.05, 0) is 18.7 Å². The molecule has 4 N–H and O–H groups in total. The average Bonchev–Trinajstić information content (AvgIpc) is 2.64. The van der Waals surface area contributed by atoms with Crippen LogP contribution in [0.2, 0.25) is 0 Å². The van der Waals surface area contributed by atoms with Gasteiger partial charge in [0.1, 0.15) is 9.71 Å². The van der Waals surface area contributed by atoms with E-state index in [2.05, 4.69) is 16.9 Å². The first kappa shape index (κ1) is 11.4. The highest BCUT2D eigenvalue weighted by Crippen LogP contribution is 2.34. The number of anilines is 1. The molecular weight excluding hydrogens is 248 g/mol. The molecule has 0 fully saturated rings. The van der Waals surface area contributed by atoms with Gasteiger partial charge in [0.15, 0.2) is 0 Å². The third-order valence-electron chi connectivity index (χ3n) is 3.28. The van der Waals surface area contributed by atoms with Crippen LogP contribution in [0.25, 0.3) is 10.2 Å². The molecule has 1 aliphatic rings. The standard InChI is InChI=1S/C12H14N4OS/c1-16-3-2-8-6(5-16)4-7-9(13)10(11(14)17)18-12(7)15-8/h4H,2-3,5,13H2,1H3,(H2,14,17). The molecule has 0 saturated carbocycles. The molecule has 0 aromatic carbocycles. The number of nitrogens with zero attached hydrogens (tertiary/aromatic N) is 2. The average molecular weight is 262 g/mol. The van der Waals surface area contributed by atoms with Crippen molar-refractivity contribution in [3.8, 4) is 0 Å². The maximum Gasteiger partial charge on any atom is 0.260 e. The first-order valence-corrected chi connectivity index (χ1v) is 6.57. The van der Waals surface area contributed by atoms with Gasteiger partial charge in [0, 0.05) is 30.6 Å². The summed E-state index contributed by atoms with van der Waals surface area (Å²) in [5.41, 5.74) is 14.0. The highest BCUT2D eigenvalue weighted by Gasteiger charge is 2.20.